The molecular weight excluding hydrogens is 284 g/mol. The van der Waals surface area contributed by atoms with Gasteiger partial charge in [0, 0.05) is 0 Å². The Bertz CT molecular complexity index is 420. The number of hydrogen-bond acceptors (Lipinski definition) is 5. The average molecular weight is 310 g/mol. The third kappa shape index (κ3) is 6.56. The summed E-state index contributed by atoms with van der Waals surface area (Å²) in [5.41, 5.74) is 0.430. The van der Waals surface area contributed by atoms with Gasteiger partial charge >= 0.3 is 5.97 Å². The van der Waals surface area contributed by atoms with Gasteiger partial charge in [-0.15, -0.1) is 0 Å². The molecule has 0 aliphatic rings. The highest BCUT2D eigenvalue weighted by Crippen LogP contribution is 2.24. The van der Waals surface area contributed by atoms with E-state index in [4.69, 9.17) is 19.2 Å². The molecule has 0 aliphatic heterocycles. The SMILES string of the molecule is CCOOCCOC(=O)C(C)(CC)COCc1ccccc1. The highest BCUT2D eigenvalue weighted by Gasteiger charge is 2.33. The van der Waals surface area contributed by atoms with Crippen LogP contribution in [0.5, 0.6) is 0 Å². The van der Waals surface area contributed by atoms with Crippen LogP contribution in [0.4, 0.5) is 0 Å². The Kier molecular flexibility index (Phi) is 8.74. The van der Waals surface area contributed by atoms with Gasteiger partial charge in [0.1, 0.15) is 13.2 Å². The Morgan fingerprint density at radius 3 is 2.45 bits per heavy atom. The minimum atomic E-state index is -0.652. The summed E-state index contributed by atoms with van der Waals surface area (Å²) in [6.45, 7) is 7.30. The first-order chi connectivity index (χ1) is 10.6. The maximum atomic E-state index is 12.2. The Hall–Kier alpha value is -1.43. The van der Waals surface area contributed by atoms with Gasteiger partial charge < -0.3 is 9.47 Å². The fraction of sp³-hybridized carbons (Fsp3) is 0.588. The second-order valence-electron chi connectivity index (χ2n) is 5.26. The Morgan fingerprint density at radius 1 is 1.09 bits per heavy atom. The Morgan fingerprint density at radius 2 is 1.82 bits per heavy atom. The second-order valence-corrected chi connectivity index (χ2v) is 5.26. The van der Waals surface area contributed by atoms with E-state index in [9.17, 15) is 4.79 Å². The van der Waals surface area contributed by atoms with Gasteiger partial charge in [-0.05, 0) is 25.8 Å². The minimum absolute atomic E-state index is 0.174. The van der Waals surface area contributed by atoms with E-state index in [1.807, 2.05) is 51.1 Å². The molecule has 0 bridgehead atoms. The van der Waals surface area contributed by atoms with Crippen molar-refractivity contribution in [1.82, 2.24) is 0 Å². The molecule has 5 nitrogen and oxygen atoms in total. The van der Waals surface area contributed by atoms with E-state index in [2.05, 4.69) is 0 Å². The molecule has 1 unspecified atom stereocenters. The van der Waals surface area contributed by atoms with Crippen LogP contribution in [0.15, 0.2) is 30.3 Å². The van der Waals surface area contributed by atoms with Gasteiger partial charge in [-0.1, -0.05) is 37.3 Å². The van der Waals surface area contributed by atoms with E-state index < -0.39 is 5.41 Å². The normalized spacial score (nSPS) is 13.6. The molecule has 0 N–H and O–H groups in total. The third-order valence-corrected chi connectivity index (χ3v) is 3.41. The maximum absolute atomic E-state index is 12.2. The molecule has 0 fully saturated rings. The first-order valence-electron chi connectivity index (χ1n) is 7.65. The molecule has 5 heteroatoms. The van der Waals surface area contributed by atoms with Crippen molar-refractivity contribution in [3.8, 4) is 0 Å². The number of carbonyl (C=O) groups is 1. The first kappa shape index (κ1) is 18.6. The summed E-state index contributed by atoms with van der Waals surface area (Å²) in [5, 5.41) is 0. The highest BCUT2D eigenvalue weighted by molar-refractivity contribution is 5.76. The minimum Gasteiger partial charge on any atom is -0.463 e. The lowest BCUT2D eigenvalue weighted by Gasteiger charge is -2.25. The monoisotopic (exact) mass is 310 g/mol. The zero-order valence-electron chi connectivity index (χ0n) is 13.7. The molecule has 1 rings (SSSR count). The summed E-state index contributed by atoms with van der Waals surface area (Å²) in [6.07, 6.45) is 0.646. The standard InChI is InChI=1S/C17H26O5/c1-4-17(3,16(18)20-11-12-22-21-5-2)14-19-13-15-9-7-6-8-10-15/h6-10H,4-5,11-14H2,1-3H3. The molecule has 124 valence electrons. The third-order valence-electron chi connectivity index (χ3n) is 3.41. The summed E-state index contributed by atoms with van der Waals surface area (Å²) in [7, 11) is 0. The molecule has 0 aromatic heterocycles. The number of carbonyl (C=O) groups excluding carboxylic acids is 1. The van der Waals surface area contributed by atoms with Crippen LogP contribution < -0.4 is 0 Å². The molecule has 1 aromatic carbocycles. The summed E-state index contributed by atoms with van der Waals surface area (Å²) in [6, 6.07) is 9.87. The van der Waals surface area contributed by atoms with Crippen molar-refractivity contribution in [1.29, 1.82) is 0 Å². The molecule has 1 aromatic rings. The topological polar surface area (TPSA) is 54.0 Å². The van der Waals surface area contributed by atoms with Gasteiger partial charge in [0.05, 0.1) is 25.2 Å². The van der Waals surface area contributed by atoms with Gasteiger partial charge in [0.15, 0.2) is 0 Å². The predicted molar refractivity (Wildman–Crippen MR) is 83.0 cm³/mol. The molecule has 1 atom stereocenters. The zero-order chi connectivity index (χ0) is 16.3. The first-order valence-corrected chi connectivity index (χ1v) is 7.65. The average Bonchev–Trinajstić information content (AvgIpc) is 2.55. The van der Waals surface area contributed by atoms with E-state index in [-0.39, 0.29) is 19.2 Å². The van der Waals surface area contributed by atoms with Crippen LogP contribution in [0.1, 0.15) is 32.8 Å². The largest absolute Gasteiger partial charge is 0.463 e. The van der Waals surface area contributed by atoms with Crippen molar-refractivity contribution in [3.63, 3.8) is 0 Å². The van der Waals surface area contributed by atoms with Crippen LogP contribution in [0.2, 0.25) is 0 Å². The lowest BCUT2D eigenvalue weighted by molar-refractivity contribution is -0.295. The van der Waals surface area contributed by atoms with Crippen molar-refractivity contribution in [3.05, 3.63) is 35.9 Å². The van der Waals surface area contributed by atoms with Crippen molar-refractivity contribution in [2.75, 3.05) is 26.4 Å². The van der Waals surface area contributed by atoms with E-state index >= 15 is 0 Å². The fourth-order valence-corrected chi connectivity index (χ4v) is 1.76. The van der Waals surface area contributed by atoms with E-state index in [1.165, 1.54) is 0 Å². The van der Waals surface area contributed by atoms with E-state index in [0.29, 0.717) is 26.2 Å². The van der Waals surface area contributed by atoms with Crippen molar-refractivity contribution < 1.29 is 24.0 Å². The van der Waals surface area contributed by atoms with Gasteiger partial charge in [0.2, 0.25) is 0 Å². The molecule has 0 saturated carbocycles. The van der Waals surface area contributed by atoms with Crippen molar-refractivity contribution >= 4 is 5.97 Å². The van der Waals surface area contributed by atoms with Crippen LogP contribution in [0.25, 0.3) is 0 Å². The van der Waals surface area contributed by atoms with Gasteiger partial charge in [-0.2, -0.15) is 0 Å². The Balaban J connectivity index is 2.33. The second kappa shape index (κ2) is 10.3. The zero-order valence-corrected chi connectivity index (χ0v) is 13.7. The summed E-state index contributed by atoms with van der Waals surface area (Å²) >= 11 is 0. The van der Waals surface area contributed by atoms with Crippen molar-refractivity contribution in [2.24, 2.45) is 5.41 Å². The number of benzene rings is 1. The Labute approximate surface area is 132 Å². The van der Waals surface area contributed by atoms with Crippen molar-refractivity contribution in [2.45, 2.75) is 33.8 Å². The number of esters is 1. The smallest absolute Gasteiger partial charge is 0.314 e. The summed E-state index contributed by atoms with van der Waals surface area (Å²) < 4.78 is 10.9. The van der Waals surface area contributed by atoms with E-state index in [0.717, 1.165) is 5.56 Å². The number of rotatable bonds is 11. The molecule has 22 heavy (non-hydrogen) atoms. The van der Waals surface area contributed by atoms with Crippen LogP contribution in [-0.2, 0) is 30.7 Å². The summed E-state index contributed by atoms with van der Waals surface area (Å²) in [5.74, 6) is -0.275. The van der Waals surface area contributed by atoms with Crippen LogP contribution in [-0.4, -0.2) is 32.4 Å². The summed E-state index contributed by atoms with van der Waals surface area (Å²) in [4.78, 5) is 21.7. The van der Waals surface area contributed by atoms with Crippen LogP contribution >= 0.6 is 0 Å². The quantitative estimate of drug-likeness (QED) is 0.272. The number of ether oxygens (including phenoxy) is 2. The van der Waals surface area contributed by atoms with Crippen LogP contribution in [0, 0.1) is 5.41 Å². The molecule has 0 amide bonds. The molecule has 0 heterocycles. The lowest BCUT2D eigenvalue weighted by Crippen LogP contribution is -2.34. The predicted octanol–water partition coefficient (Wildman–Crippen LogP) is 3.13. The molecule has 0 spiro atoms. The van der Waals surface area contributed by atoms with Gasteiger partial charge in [-0.25, -0.2) is 9.78 Å². The molecule has 0 radical (unpaired) electrons. The maximum Gasteiger partial charge on any atom is 0.314 e. The fourth-order valence-electron chi connectivity index (χ4n) is 1.76. The lowest BCUT2D eigenvalue weighted by atomic mass is 9.89. The van der Waals surface area contributed by atoms with E-state index in [1.54, 1.807) is 0 Å². The van der Waals surface area contributed by atoms with Crippen LogP contribution in [0.3, 0.4) is 0 Å². The highest BCUT2D eigenvalue weighted by atomic mass is 17.2. The van der Waals surface area contributed by atoms with Gasteiger partial charge in [-0.3, -0.25) is 4.79 Å². The molecule has 0 saturated heterocycles. The molecular formula is C17H26O5. The number of hydrogen-bond donors (Lipinski definition) is 0. The van der Waals surface area contributed by atoms with Gasteiger partial charge in [0.25, 0.3) is 0 Å². The molecule has 0 aliphatic carbocycles.